The first-order chi connectivity index (χ1) is 8.22. The van der Waals surface area contributed by atoms with Crippen molar-refractivity contribution in [1.82, 2.24) is 4.72 Å². The average molecular weight is 296 g/mol. The zero-order valence-corrected chi connectivity index (χ0v) is 10.7. The quantitative estimate of drug-likeness (QED) is 0.361. The van der Waals surface area contributed by atoms with E-state index in [0.29, 0.717) is 0 Å². The molecule has 0 fully saturated rings. The number of nitrogen functional groups attached to an aromatic ring is 1. The van der Waals surface area contributed by atoms with Crippen LogP contribution in [0, 0.1) is 0 Å². The lowest BCUT2D eigenvalue weighted by molar-refractivity contribution is 0.272. The van der Waals surface area contributed by atoms with E-state index >= 15 is 0 Å². The predicted octanol–water partition coefficient (Wildman–Crippen LogP) is -0.633. The lowest BCUT2D eigenvalue weighted by Gasteiger charge is -2.08. The number of rotatable bonds is 6. The van der Waals surface area contributed by atoms with E-state index in [-0.39, 0.29) is 17.1 Å². The van der Waals surface area contributed by atoms with Gasteiger partial charge in [0.05, 0.1) is 12.3 Å². The van der Waals surface area contributed by atoms with Crippen LogP contribution in [0.5, 0.6) is 0 Å². The molecule has 0 amide bonds. The minimum absolute atomic E-state index is 0.0701. The van der Waals surface area contributed by atoms with Crippen LogP contribution in [0.4, 0.5) is 5.69 Å². The van der Waals surface area contributed by atoms with Crippen LogP contribution < -0.4 is 10.5 Å². The van der Waals surface area contributed by atoms with Gasteiger partial charge in [0.2, 0.25) is 10.0 Å². The number of benzene rings is 1. The summed E-state index contributed by atoms with van der Waals surface area (Å²) in [6.45, 7) is -0.846. The van der Waals surface area contributed by atoms with Gasteiger partial charge in [-0.1, -0.05) is 12.1 Å². The Morgan fingerprint density at radius 3 is 2.39 bits per heavy atom. The molecule has 0 saturated heterocycles. The summed E-state index contributed by atoms with van der Waals surface area (Å²) in [5.74, 6) is 0. The van der Waals surface area contributed by atoms with Crippen molar-refractivity contribution in [2.75, 3.05) is 18.9 Å². The Labute approximate surface area is 105 Å². The summed E-state index contributed by atoms with van der Waals surface area (Å²) < 4.78 is 58.2. The van der Waals surface area contributed by atoms with Crippen molar-refractivity contribution in [3.05, 3.63) is 24.3 Å². The summed E-state index contributed by atoms with van der Waals surface area (Å²) in [5.41, 5.74) is 5.56. The highest BCUT2D eigenvalue weighted by molar-refractivity contribution is 7.89. The molecule has 10 heteroatoms. The van der Waals surface area contributed by atoms with E-state index in [2.05, 4.69) is 8.91 Å². The smallest absolute Gasteiger partial charge is 0.397 e. The first kappa shape index (κ1) is 14.9. The second-order valence-corrected chi connectivity index (χ2v) is 6.01. The van der Waals surface area contributed by atoms with Crippen molar-refractivity contribution in [2.45, 2.75) is 4.90 Å². The maximum Gasteiger partial charge on any atom is 0.397 e. The van der Waals surface area contributed by atoms with Crippen molar-refractivity contribution >= 4 is 26.1 Å². The lowest BCUT2D eigenvalue weighted by Crippen LogP contribution is -2.28. The second-order valence-electron chi connectivity index (χ2n) is 3.19. The number of hydrogen-bond donors (Lipinski definition) is 3. The molecule has 0 spiro atoms. The molecule has 1 aromatic carbocycles. The SMILES string of the molecule is Nc1ccccc1S(=O)(=O)NCCOS(=O)(=O)O. The maximum absolute atomic E-state index is 11.7. The number of nitrogens with one attached hydrogen (secondary N) is 1. The van der Waals surface area contributed by atoms with E-state index in [1.165, 1.54) is 18.2 Å². The Morgan fingerprint density at radius 1 is 1.22 bits per heavy atom. The molecular weight excluding hydrogens is 284 g/mol. The third-order valence-electron chi connectivity index (χ3n) is 1.83. The van der Waals surface area contributed by atoms with Crippen molar-refractivity contribution in [3.63, 3.8) is 0 Å². The minimum atomic E-state index is -4.57. The highest BCUT2D eigenvalue weighted by Crippen LogP contribution is 2.16. The van der Waals surface area contributed by atoms with Gasteiger partial charge in [-0.25, -0.2) is 17.3 Å². The van der Waals surface area contributed by atoms with Gasteiger partial charge in [-0.3, -0.25) is 4.55 Å². The molecule has 0 aliphatic heterocycles. The van der Waals surface area contributed by atoms with E-state index < -0.39 is 27.0 Å². The third kappa shape index (κ3) is 4.58. The highest BCUT2D eigenvalue weighted by Gasteiger charge is 2.16. The Hall–Kier alpha value is -1.20. The molecule has 8 nitrogen and oxygen atoms in total. The van der Waals surface area contributed by atoms with Crippen LogP contribution in [0.25, 0.3) is 0 Å². The normalized spacial score (nSPS) is 12.5. The van der Waals surface area contributed by atoms with Crippen LogP contribution in [0.2, 0.25) is 0 Å². The third-order valence-corrected chi connectivity index (χ3v) is 3.83. The Bertz CT molecular complexity index is 610. The number of anilines is 1. The molecule has 0 radical (unpaired) electrons. The number of nitrogens with two attached hydrogens (primary N) is 1. The lowest BCUT2D eigenvalue weighted by atomic mass is 10.3. The molecule has 0 heterocycles. The number of sulfonamides is 1. The Morgan fingerprint density at radius 2 is 1.83 bits per heavy atom. The Kier molecular flexibility index (Phi) is 4.65. The van der Waals surface area contributed by atoms with Gasteiger partial charge in [-0.2, -0.15) is 8.42 Å². The molecule has 1 rings (SSSR count). The van der Waals surface area contributed by atoms with E-state index in [0.717, 1.165) is 0 Å². The fraction of sp³-hybridized carbons (Fsp3) is 0.250. The topological polar surface area (TPSA) is 136 Å². The average Bonchev–Trinajstić information content (AvgIpc) is 2.24. The summed E-state index contributed by atoms with van der Waals surface area (Å²) in [5, 5.41) is 0. The second kappa shape index (κ2) is 5.63. The standard InChI is InChI=1S/C8H12N2O6S2/c9-7-3-1-2-4-8(7)17(11,12)10-5-6-16-18(13,14)15/h1-4,10H,5-6,9H2,(H,13,14,15). The van der Waals surface area contributed by atoms with E-state index in [4.69, 9.17) is 10.3 Å². The fourth-order valence-corrected chi connectivity index (χ4v) is 2.56. The minimum Gasteiger partial charge on any atom is -0.398 e. The molecular formula is C8H12N2O6S2. The van der Waals surface area contributed by atoms with Crippen molar-refractivity contribution in [1.29, 1.82) is 0 Å². The molecule has 0 bridgehead atoms. The molecule has 0 aliphatic carbocycles. The summed E-state index contributed by atoms with van der Waals surface area (Å²) in [6.07, 6.45) is 0. The van der Waals surface area contributed by atoms with Gasteiger partial charge in [0, 0.05) is 6.54 Å². The van der Waals surface area contributed by atoms with Crippen LogP contribution in [0.1, 0.15) is 0 Å². The van der Waals surface area contributed by atoms with Crippen LogP contribution >= 0.6 is 0 Å². The molecule has 102 valence electrons. The summed E-state index contributed by atoms with van der Waals surface area (Å²) in [7, 11) is -8.41. The zero-order chi connectivity index (χ0) is 13.8. The first-order valence-corrected chi connectivity index (χ1v) is 7.53. The monoisotopic (exact) mass is 296 g/mol. The molecule has 0 atom stereocenters. The maximum atomic E-state index is 11.7. The van der Waals surface area contributed by atoms with Crippen LogP contribution in [0.3, 0.4) is 0 Å². The van der Waals surface area contributed by atoms with E-state index in [9.17, 15) is 16.8 Å². The predicted molar refractivity (Wildman–Crippen MR) is 63.5 cm³/mol. The molecule has 0 unspecified atom stereocenters. The molecule has 0 aromatic heterocycles. The molecule has 18 heavy (non-hydrogen) atoms. The summed E-state index contributed by atoms with van der Waals surface area (Å²) >= 11 is 0. The first-order valence-electron chi connectivity index (χ1n) is 4.68. The number of para-hydroxylation sites is 1. The summed E-state index contributed by atoms with van der Waals surface area (Å²) in [6, 6.07) is 5.81. The van der Waals surface area contributed by atoms with E-state index in [1.54, 1.807) is 6.07 Å². The van der Waals surface area contributed by atoms with Gasteiger partial charge in [-0.05, 0) is 12.1 Å². The molecule has 4 N–H and O–H groups in total. The van der Waals surface area contributed by atoms with Gasteiger partial charge < -0.3 is 5.73 Å². The van der Waals surface area contributed by atoms with Gasteiger partial charge in [0.25, 0.3) is 0 Å². The van der Waals surface area contributed by atoms with Gasteiger partial charge in [0.1, 0.15) is 4.90 Å². The van der Waals surface area contributed by atoms with Gasteiger partial charge in [-0.15, -0.1) is 0 Å². The number of hydrogen-bond acceptors (Lipinski definition) is 6. The van der Waals surface area contributed by atoms with Crippen LogP contribution in [-0.4, -0.2) is 34.5 Å². The molecule has 1 aromatic rings. The van der Waals surface area contributed by atoms with Crippen LogP contribution in [-0.2, 0) is 24.6 Å². The largest absolute Gasteiger partial charge is 0.398 e. The van der Waals surface area contributed by atoms with Crippen molar-refractivity contribution in [2.24, 2.45) is 0 Å². The van der Waals surface area contributed by atoms with Gasteiger partial charge in [0.15, 0.2) is 0 Å². The van der Waals surface area contributed by atoms with Gasteiger partial charge >= 0.3 is 10.4 Å². The van der Waals surface area contributed by atoms with Crippen molar-refractivity contribution < 1.29 is 25.6 Å². The zero-order valence-electron chi connectivity index (χ0n) is 9.11. The molecule has 0 aliphatic rings. The Balaban J connectivity index is 2.65. The summed E-state index contributed by atoms with van der Waals surface area (Å²) in [4.78, 5) is -0.114. The van der Waals surface area contributed by atoms with E-state index in [1.807, 2.05) is 0 Å². The fourth-order valence-electron chi connectivity index (χ4n) is 1.13. The highest BCUT2D eigenvalue weighted by atomic mass is 32.3. The molecule has 0 saturated carbocycles. The van der Waals surface area contributed by atoms with Crippen LogP contribution in [0.15, 0.2) is 29.2 Å². The van der Waals surface area contributed by atoms with Crippen molar-refractivity contribution in [3.8, 4) is 0 Å².